The number of anilines is 1. The quantitative estimate of drug-likeness (QED) is 0.801. The van der Waals surface area contributed by atoms with Gasteiger partial charge in [0.1, 0.15) is 11.9 Å². The summed E-state index contributed by atoms with van der Waals surface area (Å²) in [5.41, 5.74) is 0.989. The number of nitrogens with one attached hydrogen (secondary N) is 2. The lowest BCUT2D eigenvalue weighted by molar-refractivity contribution is -0.134. The van der Waals surface area contributed by atoms with Gasteiger partial charge in [-0.1, -0.05) is 6.07 Å². The van der Waals surface area contributed by atoms with Gasteiger partial charge in [0.05, 0.1) is 6.61 Å². The molecule has 1 aliphatic heterocycles. The second-order valence-corrected chi connectivity index (χ2v) is 4.98. The first kappa shape index (κ1) is 15.7. The molecule has 0 spiro atoms. The van der Waals surface area contributed by atoms with E-state index in [0.717, 1.165) is 31.0 Å². The highest BCUT2D eigenvalue weighted by Crippen LogP contribution is 2.10. The second-order valence-electron chi connectivity index (χ2n) is 4.98. The van der Waals surface area contributed by atoms with Gasteiger partial charge in [0, 0.05) is 38.9 Å². The van der Waals surface area contributed by atoms with E-state index in [2.05, 4.69) is 34.4 Å². The fourth-order valence-electron chi connectivity index (χ4n) is 2.29. The molecule has 1 unspecified atom stereocenters. The van der Waals surface area contributed by atoms with Gasteiger partial charge in [-0.25, -0.2) is 4.98 Å². The predicted octanol–water partition coefficient (Wildman–Crippen LogP) is 0.532. The van der Waals surface area contributed by atoms with Crippen LogP contribution in [0.4, 0.5) is 5.82 Å². The van der Waals surface area contributed by atoms with Crippen LogP contribution in [0.1, 0.15) is 19.4 Å². The van der Waals surface area contributed by atoms with Crippen LogP contribution in [0.2, 0.25) is 0 Å². The smallest absolute Gasteiger partial charge is 0.250 e. The largest absolute Gasteiger partial charge is 0.366 e. The molecule has 0 bridgehead atoms. The minimum atomic E-state index is -0.387. The Kier molecular flexibility index (Phi) is 5.95. The molecule has 0 saturated carbocycles. The van der Waals surface area contributed by atoms with Crippen LogP contribution >= 0.6 is 0 Å². The lowest BCUT2D eigenvalue weighted by Crippen LogP contribution is -2.47. The number of carbonyl (C=O) groups is 1. The maximum Gasteiger partial charge on any atom is 0.250 e. The Balaban J connectivity index is 1.84. The molecule has 2 heterocycles. The monoisotopic (exact) mass is 292 g/mol. The zero-order chi connectivity index (χ0) is 15.1. The van der Waals surface area contributed by atoms with Crippen molar-refractivity contribution in [2.75, 3.05) is 37.7 Å². The topological polar surface area (TPSA) is 66.5 Å². The van der Waals surface area contributed by atoms with Crippen LogP contribution in [0.5, 0.6) is 0 Å². The van der Waals surface area contributed by atoms with Crippen LogP contribution in [0, 0.1) is 0 Å². The van der Waals surface area contributed by atoms with E-state index >= 15 is 0 Å². The summed E-state index contributed by atoms with van der Waals surface area (Å²) in [6.45, 7) is 8.53. The molecule has 0 aromatic carbocycles. The molecular weight excluding hydrogens is 268 g/mol. The Labute approximate surface area is 125 Å². The molecule has 1 aromatic rings. The highest BCUT2D eigenvalue weighted by molar-refractivity contribution is 5.81. The van der Waals surface area contributed by atoms with Gasteiger partial charge >= 0.3 is 0 Å². The van der Waals surface area contributed by atoms with Crippen LogP contribution in [0.15, 0.2) is 18.3 Å². The van der Waals surface area contributed by atoms with Gasteiger partial charge < -0.3 is 20.3 Å². The molecule has 2 rings (SSSR count). The molecule has 6 heteroatoms. The third kappa shape index (κ3) is 4.41. The SMILES string of the molecule is CCN(CC)c1ccc(CNC(=O)C2CNCCO2)cn1. The normalized spacial score (nSPS) is 18.3. The lowest BCUT2D eigenvalue weighted by atomic mass is 10.2. The number of hydrogen-bond donors (Lipinski definition) is 2. The molecule has 0 aliphatic carbocycles. The van der Waals surface area contributed by atoms with Crippen molar-refractivity contribution in [1.82, 2.24) is 15.6 Å². The Hall–Kier alpha value is -1.66. The molecular formula is C15H24N4O2. The van der Waals surface area contributed by atoms with Gasteiger partial charge in [-0.05, 0) is 25.5 Å². The minimum absolute atomic E-state index is 0.0741. The average Bonchev–Trinajstić information content (AvgIpc) is 2.55. The Morgan fingerprint density at radius 1 is 1.48 bits per heavy atom. The molecule has 1 aromatic heterocycles. The van der Waals surface area contributed by atoms with E-state index in [1.807, 2.05) is 18.3 Å². The van der Waals surface area contributed by atoms with E-state index in [0.29, 0.717) is 19.7 Å². The summed E-state index contributed by atoms with van der Waals surface area (Å²) in [6, 6.07) is 3.99. The maximum atomic E-state index is 11.9. The molecule has 1 atom stereocenters. The summed E-state index contributed by atoms with van der Waals surface area (Å²) >= 11 is 0. The van der Waals surface area contributed by atoms with Gasteiger partial charge in [-0.3, -0.25) is 4.79 Å². The summed E-state index contributed by atoms with van der Waals surface area (Å²) in [6.07, 6.45) is 1.43. The zero-order valence-electron chi connectivity index (χ0n) is 12.8. The van der Waals surface area contributed by atoms with Crippen molar-refractivity contribution in [3.05, 3.63) is 23.9 Å². The average molecular weight is 292 g/mol. The summed E-state index contributed by atoms with van der Waals surface area (Å²) in [7, 11) is 0. The summed E-state index contributed by atoms with van der Waals surface area (Å²) in [5, 5.41) is 6.03. The first-order valence-electron chi connectivity index (χ1n) is 7.54. The van der Waals surface area contributed by atoms with Crippen molar-refractivity contribution in [3.63, 3.8) is 0 Å². The molecule has 21 heavy (non-hydrogen) atoms. The third-order valence-corrected chi connectivity index (χ3v) is 3.58. The van der Waals surface area contributed by atoms with Crippen molar-refractivity contribution in [2.24, 2.45) is 0 Å². The van der Waals surface area contributed by atoms with Crippen molar-refractivity contribution in [1.29, 1.82) is 0 Å². The maximum absolute atomic E-state index is 11.9. The number of rotatable bonds is 6. The number of carbonyl (C=O) groups excluding carboxylic acids is 1. The molecule has 1 saturated heterocycles. The fourth-order valence-corrected chi connectivity index (χ4v) is 2.29. The number of aromatic nitrogens is 1. The van der Waals surface area contributed by atoms with Crippen LogP contribution in [0.3, 0.4) is 0 Å². The predicted molar refractivity (Wildman–Crippen MR) is 82.3 cm³/mol. The van der Waals surface area contributed by atoms with Crippen molar-refractivity contribution < 1.29 is 9.53 Å². The van der Waals surface area contributed by atoms with E-state index in [1.165, 1.54) is 0 Å². The van der Waals surface area contributed by atoms with E-state index in [4.69, 9.17) is 4.74 Å². The van der Waals surface area contributed by atoms with Gasteiger partial charge in [0.2, 0.25) is 0 Å². The second kappa shape index (κ2) is 7.95. The van der Waals surface area contributed by atoms with Gasteiger partial charge in [-0.2, -0.15) is 0 Å². The van der Waals surface area contributed by atoms with Crippen LogP contribution in [-0.4, -0.2) is 49.8 Å². The third-order valence-electron chi connectivity index (χ3n) is 3.58. The highest BCUT2D eigenvalue weighted by atomic mass is 16.5. The number of nitrogens with zero attached hydrogens (tertiary/aromatic N) is 2. The Morgan fingerprint density at radius 3 is 2.86 bits per heavy atom. The van der Waals surface area contributed by atoms with E-state index in [1.54, 1.807) is 0 Å². The van der Waals surface area contributed by atoms with E-state index < -0.39 is 0 Å². The molecule has 6 nitrogen and oxygen atoms in total. The number of amides is 1. The first-order chi connectivity index (χ1) is 10.2. The molecule has 1 fully saturated rings. The van der Waals surface area contributed by atoms with Gasteiger partial charge in [0.15, 0.2) is 0 Å². The molecule has 1 amide bonds. The van der Waals surface area contributed by atoms with Crippen LogP contribution < -0.4 is 15.5 Å². The van der Waals surface area contributed by atoms with Crippen LogP contribution in [-0.2, 0) is 16.1 Å². The zero-order valence-corrected chi connectivity index (χ0v) is 12.8. The fraction of sp³-hybridized carbons (Fsp3) is 0.600. The van der Waals surface area contributed by atoms with Gasteiger partial charge in [-0.15, -0.1) is 0 Å². The molecule has 116 valence electrons. The number of pyridine rings is 1. The standard InChI is InChI=1S/C15H24N4O2/c1-3-19(4-2)14-6-5-12(9-17-14)10-18-15(20)13-11-16-7-8-21-13/h5-6,9,13,16H,3-4,7-8,10-11H2,1-2H3,(H,18,20). The van der Waals surface area contributed by atoms with Crippen molar-refractivity contribution in [2.45, 2.75) is 26.5 Å². The van der Waals surface area contributed by atoms with E-state index in [-0.39, 0.29) is 12.0 Å². The Bertz CT molecular complexity index is 439. The molecule has 1 aliphatic rings. The first-order valence-corrected chi connectivity index (χ1v) is 7.54. The van der Waals surface area contributed by atoms with Crippen molar-refractivity contribution >= 4 is 11.7 Å². The molecule has 0 radical (unpaired) electrons. The van der Waals surface area contributed by atoms with Gasteiger partial charge in [0.25, 0.3) is 5.91 Å². The van der Waals surface area contributed by atoms with E-state index in [9.17, 15) is 4.79 Å². The summed E-state index contributed by atoms with van der Waals surface area (Å²) < 4.78 is 5.41. The highest BCUT2D eigenvalue weighted by Gasteiger charge is 2.21. The van der Waals surface area contributed by atoms with Crippen LogP contribution in [0.25, 0.3) is 0 Å². The number of morpholine rings is 1. The Morgan fingerprint density at radius 2 is 2.29 bits per heavy atom. The lowest BCUT2D eigenvalue weighted by Gasteiger charge is -2.23. The van der Waals surface area contributed by atoms with Crippen molar-refractivity contribution in [3.8, 4) is 0 Å². The number of ether oxygens (including phenoxy) is 1. The summed E-state index contributed by atoms with van der Waals surface area (Å²) in [5.74, 6) is 0.893. The minimum Gasteiger partial charge on any atom is -0.366 e. The number of hydrogen-bond acceptors (Lipinski definition) is 5. The summed E-state index contributed by atoms with van der Waals surface area (Å²) in [4.78, 5) is 18.6. The molecule has 2 N–H and O–H groups in total.